The number of aryl methyl sites for hydroxylation is 1. The van der Waals surface area contributed by atoms with Gasteiger partial charge in [-0.1, -0.05) is 18.2 Å². The average molecular weight is 510 g/mol. The summed E-state index contributed by atoms with van der Waals surface area (Å²) in [5.41, 5.74) is 2.72. The third-order valence-electron chi connectivity index (χ3n) is 6.77. The van der Waals surface area contributed by atoms with Crippen LogP contribution < -0.4 is 9.47 Å². The van der Waals surface area contributed by atoms with Crippen LogP contribution in [-0.4, -0.2) is 94.7 Å². The number of β-amino-alcohol motifs (C(OH)–C–C–N with tert-alkyl or cyclic N) is 1. The van der Waals surface area contributed by atoms with Crippen molar-refractivity contribution >= 4 is 16.8 Å². The maximum atomic E-state index is 13.3. The van der Waals surface area contributed by atoms with Gasteiger partial charge in [0.2, 0.25) is 0 Å². The predicted molar refractivity (Wildman–Crippen MR) is 140 cm³/mol. The van der Waals surface area contributed by atoms with Crippen LogP contribution >= 0.6 is 0 Å². The number of fused-ring (bicyclic) bond motifs is 1. The Morgan fingerprint density at radius 1 is 1.19 bits per heavy atom. The molecule has 9 nitrogen and oxygen atoms in total. The number of carbonyl (C=O) groups is 1. The molecule has 2 aromatic carbocycles. The molecule has 3 aromatic rings. The van der Waals surface area contributed by atoms with Crippen LogP contribution in [-0.2, 0) is 4.79 Å². The molecule has 0 bridgehead atoms. The fourth-order valence-corrected chi connectivity index (χ4v) is 4.62. The Bertz CT molecular complexity index is 1200. The van der Waals surface area contributed by atoms with E-state index in [1.54, 1.807) is 24.2 Å². The van der Waals surface area contributed by atoms with Gasteiger partial charge in [-0.05, 0) is 54.8 Å². The molecule has 0 spiro atoms. The predicted octanol–water partition coefficient (Wildman–Crippen LogP) is 1.92. The van der Waals surface area contributed by atoms with Crippen LogP contribution in [0.5, 0.6) is 11.5 Å². The summed E-state index contributed by atoms with van der Waals surface area (Å²) in [5.74, 6) is 0.897. The molecule has 4 rings (SSSR count). The number of amides is 1. The van der Waals surface area contributed by atoms with E-state index >= 15 is 0 Å². The van der Waals surface area contributed by atoms with E-state index in [2.05, 4.69) is 9.88 Å². The summed E-state index contributed by atoms with van der Waals surface area (Å²) in [6.07, 6.45) is 1.32. The minimum Gasteiger partial charge on any atom is -0.486 e. The molecule has 37 heavy (non-hydrogen) atoms. The Hall–Kier alpha value is -3.24. The molecule has 1 amide bonds. The van der Waals surface area contributed by atoms with Gasteiger partial charge >= 0.3 is 0 Å². The van der Waals surface area contributed by atoms with Gasteiger partial charge in [0, 0.05) is 38.3 Å². The number of aromatic nitrogens is 1. The largest absolute Gasteiger partial charge is 0.486 e. The number of aliphatic hydroxyl groups is 3. The minimum absolute atomic E-state index is 0.143. The molecular formula is C28H35N3O6. The summed E-state index contributed by atoms with van der Waals surface area (Å²) in [6.45, 7) is 3.04. The Labute approximate surface area is 216 Å². The van der Waals surface area contributed by atoms with Gasteiger partial charge < -0.3 is 29.7 Å². The topological polar surface area (TPSA) is 116 Å². The smallest absolute Gasteiger partial charge is 0.260 e. The van der Waals surface area contributed by atoms with Gasteiger partial charge in [-0.3, -0.25) is 14.7 Å². The number of rotatable bonds is 11. The van der Waals surface area contributed by atoms with Crippen molar-refractivity contribution in [3.05, 3.63) is 65.9 Å². The number of benzene rings is 2. The summed E-state index contributed by atoms with van der Waals surface area (Å²) in [5, 5.41) is 29.7. The summed E-state index contributed by atoms with van der Waals surface area (Å²) in [4.78, 5) is 21.6. The van der Waals surface area contributed by atoms with Crippen LogP contribution in [0.2, 0.25) is 0 Å². The number of aliphatic hydroxyl groups excluding tert-OH is 3. The molecule has 2 heterocycles. The van der Waals surface area contributed by atoms with Crippen LogP contribution in [0, 0.1) is 6.92 Å². The first-order chi connectivity index (χ1) is 17.9. The van der Waals surface area contributed by atoms with Crippen molar-refractivity contribution in [3.8, 4) is 11.5 Å². The van der Waals surface area contributed by atoms with Crippen molar-refractivity contribution < 1.29 is 29.6 Å². The van der Waals surface area contributed by atoms with Crippen LogP contribution in [0.1, 0.15) is 23.6 Å². The van der Waals surface area contributed by atoms with Crippen molar-refractivity contribution in [3.63, 3.8) is 0 Å². The highest BCUT2D eigenvalue weighted by Crippen LogP contribution is 2.29. The van der Waals surface area contributed by atoms with Crippen LogP contribution in [0.4, 0.5) is 0 Å². The fourth-order valence-electron chi connectivity index (χ4n) is 4.62. The molecule has 198 valence electrons. The lowest BCUT2D eigenvalue weighted by molar-refractivity contribution is -0.134. The van der Waals surface area contributed by atoms with E-state index in [0.717, 1.165) is 28.6 Å². The van der Waals surface area contributed by atoms with Gasteiger partial charge in [-0.2, -0.15) is 0 Å². The zero-order chi connectivity index (χ0) is 26.4. The number of pyridine rings is 1. The zero-order valence-electron chi connectivity index (χ0n) is 21.3. The lowest BCUT2D eigenvalue weighted by atomic mass is 10.0. The first-order valence-corrected chi connectivity index (χ1v) is 12.5. The Morgan fingerprint density at radius 2 is 2.00 bits per heavy atom. The van der Waals surface area contributed by atoms with Crippen LogP contribution in [0.25, 0.3) is 10.9 Å². The SMILES string of the molecule is Cc1ccc(OCC(=O)N(C)C(CN2CC[C@H](O)C2)c2cccc(OC(CO)CO)c2)c2cccnc12. The number of carbonyl (C=O) groups excluding carboxylic acids is 1. The minimum atomic E-state index is -0.728. The highest BCUT2D eigenvalue weighted by atomic mass is 16.5. The number of hydrogen-bond acceptors (Lipinski definition) is 8. The second-order valence-corrected chi connectivity index (χ2v) is 9.47. The maximum Gasteiger partial charge on any atom is 0.260 e. The van der Waals surface area contributed by atoms with E-state index in [9.17, 15) is 20.1 Å². The van der Waals surface area contributed by atoms with Gasteiger partial charge in [0.15, 0.2) is 6.61 Å². The molecule has 2 atom stereocenters. The molecule has 1 saturated heterocycles. The Balaban J connectivity index is 1.53. The highest BCUT2D eigenvalue weighted by Gasteiger charge is 2.29. The van der Waals surface area contributed by atoms with Gasteiger partial charge in [-0.25, -0.2) is 0 Å². The van der Waals surface area contributed by atoms with Crippen molar-refractivity contribution in [2.24, 2.45) is 0 Å². The van der Waals surface area contributed by atoms with E-state index in [0.29, 0.717) is 31.0 Å². The number of likely N-dealkylation sites (tertiary alicyclic amines) is 1. The van der Waals surface area contributed by atoms with E-state index in [1.807, 2.05) is 49.4 Å². The third-order valence-corrected chi connectivity index (χ3v) is 6.77. The summed E-state index contributed by atoms with van der Waals surface area (Å²) < 4.78 is 11.7. The van der Waals surface area contributed by atoms with Gasteiger partial charge in [0.1, 0.15) is 17.6 Å². The fraction of sp³-hybridized carbons (Fsp3) is 0.429. The first kappa shape index (κ1) is 26.8. The van der Waals surface area contributed by atoms with Gasteiger partial charge in [0.05, 0.1) is 30.9 Å². The molecule has 0 saturated carbocycles. The quantitative estimate of drug-likeness (QED) is 0.359. The molecule has 1 aliphatic heterocycles. The Kier molecular flexibility index (Phi) is 8.94. The molecule has 1 fully saturated rings. The summed E-state index contributed by atoms with van der Waals surface area (Å²) >= 11 is 0. The lowest BCUT2D eigenvalue weighted by Gasteiger charge is -2.32. The maximum absolute atomic E-state index is 13.3. The van der Waals surface area contributed by atoms with Crippen molar-refractivity contribution in [1.82, 2.24) is 14.8 Å². The Morgan fingerprint density at radius 3 is 2.73 bits per heavy atom. The third kappa shape index (κ3) is 6.56. The van der Waals surface area contributed by atoms with Crippen molar-refractivity contribution in [2.45, 2.75) is 31.6 Å². The van der Waals surface area contributed by atoms with Gasteiger partial charge in [-0.15, -0.1) is 0 Å². The van der Waals surface area contributed by atoms with Crippen LogP contribution in [0.3, 0.4) is 0 Å². The molecule has 1 aliphatic rings. The molecule has 3 N–H and O–H groups in total. The first-order valence-electron chi connectivity index (χ1n) is 12.5. The number of nitrogens with zero attached hydrogens (tertiary/aromatic N) is 3. The normalized spacial score (nSPS) is 16.8. The number of ether oxygens (including phenoxy) is 2. The molecule has 1 aromatic heterocycles. The second-order valence-electron chi connectivity index (χ2n) is 9.47. The van der Waals surface area contributed by atoms with E-state index in [-0.39, 0.29) is 37.9 Å². The summed E-state index contributed by atoms with van der Waals surface area (Å²) in [7, 11) is 1.75. The highest BCUT2D eigenvalue weighted by molar-refractivity contribution is 5.88. The number of hydrogen-bond donors (Lipinski definition) is 3. The van der Waals surface area contributed by atoms with Crippen LogP contribution in [0.15, 0.2) is 54.7 Å². The lowest BCUT2D eigenvalue weighted by Crippen LogP contribution is -2.41. The molecular weight excluding hydrogens is 474 g/mol. The van der Waals surface area contributed by atoms with Crippen molar-refractivity contribution in [2.75, 3.05) is 46.5 Å². The average Bonchev–Trinajstić information content (AvgIpc) is 3.34. The second kappa shape index (κ2) is 12.3. The standard InChI is InChI=1S/C28H35N3O6/c1-19-8-9-26(24-7-4-11-29-28(19)24)36-18-27(35)30(2)25(15-31-12-10-21(34)14-31)20-5-3-6-22(13-20)37-23(16-32)17-33/h3-9,11,13,21,23,25,32-34H,10,12,14-18H2,1-2H3/t21-,25?/m0/s1. The molecule has 1 unspecified atom stereocenters. The van der Waals surface area contributed by atoms with Crippen molar-refractivity contribution in [1.29, 1.82) is 0 Å². The molecule has 9 heteroatoms. The van der Waals surface area contributed by atoms with E-state index < -0.39 is 6.10 Å². The molecule has 0 radical (unpaired) electrons. The number of likely N-dealkylation sites (N-methyl/N-ethyl adjacent to an activating group) is 1. The summed E-state index contributed by atoms with van der Waals surface area (Å²) in [6, 6.07) is 14.5. The molecule has 0 aliphatic carbocycles. The van der Waals surface area contributed by atoms with E-state index in [4.69, 9.17) is 9.47 Å². The van der Waals surface area contributed by atoms with Gasteiger partial charge in [0.25, 0.3) is 5.91 Å². The van der Waals surface area contributed by atoms with E-state index in [1.165, 1.54) is 0 Å². The zero-order valence-corrected chi connectivity index (χ0v) is 21.3. The monoisotopic (exact) mass is 509 g/mol.